The summed E-state index contributed by atoms with van der Waals surface area (Å²) >= 11 is 0. The maximum absolute atomic E-state index is 12.3. The molecule has 24 heavy (non-hydrogen) atoms. The number of aromatic nitrogens is 2. The predicted octanol–water partition coefficient (Wildman–Crippen LogP) is 2.47. The molecule has 2 atom stereocenters. The van der Waals surface area contributed by atoms with Crippen molar-refractivity contribution in [3.05, 3.63) is 30.6 Å². The highest BCUT2D eigenvalue weighted by molar-refractivity contribution is 5.89. The van der Waals surface area contributed by atoms with E-state index in [1.165, 1.54) is 0 Å². The van der Waals surface area contributed by atoms with E-state index in [-0.39, 0.29) is 18.1 Å². The van der Waals surface area contributed by atoms with Crippen molar-refractivity contribution in [2.45, 2.75) is 45.4 Å². The molecule has 1 saturated heterocycles. The van der Waals surface area contributed by atoms with Gasteiger partial charge in [-0.2, -0.15) is 0 Å². The predicted molar refractivity (Wildman–Crippen MR) is 93.4 cm³/mol. The number of benzene rings is 1. The summed E-state index contributed by atoms with van der Waals surface area (Å²) in [6, 6.07) is 7.87. The average Bonchev–Trinajstić information content (AvgIpc) is 2.53. The summed E-state index contributed by atoms with van der Waals surface area (Å²) in [4.78, 5) is 23.1. The van der Waals surface area contributed by atoms with E-state index < -0.39 is 5.60 Å². The van der Waals surface area contributed by atoms with Crippen LogP contribution < -0.4 is 10.6 Å². The number of hydrogen-bond donors (Lipinski definition) is 1. The Morgan fingerprint density at radius 1 is 1.29 bits per heavy atom. The first kappa shape index (κ1) is 16.6. The fourth-order valence-corrected chi connectivity index (χ4v) is 3.08. The van der Waals surface area contributed by atoms with Gasteiger partial charge in [0.2, 0.25) is 0 Å². The van der Waals surface area contributed by atoms with Crippen molar-refractivity contribution in [3.63, 3.8) is 0 Å². The van der Waals surface area contributed by atoms with Gasteiger partial charge in [0, 0.05) is 11.9 Å². The maximum Gasteiger partial charge on any atom is 0.309 e. The Hall–Kier alpha value is -2.21. The van der Waals surface area contributed by atoms with Gasteiger partial charge < -0.3 is 15.4 Å². The third-order valence-electron chi connectivity index (χ3n) is 4.18. The lowest BCUT2D eigenvalue weighted by atomic mass is 9.94. The maximum atomic E-state index is 12.3. The van der Waals surface area contributed by atoms with Gasteiger partial charge in [0.1, 0.15) is 17.7 Å². The van der Waals surface area contributed by atoms with Crippen LogP contribution in [-0.2, 0) is 9.53 Å². The molecule has 2 aromatic rings. The number of para-hydroxylation sites is 1. The molecule has 128 valence electrons. The van der Waals surface area contributed by atoms with Crippen molar-refractivity contribution in [2.75, 3.05) is 11.4 Å². The molecule has 2 N–H and O–H groups in total. The molecule has 1 aromatic heterocycles. The average molecular weight is 328 g/mol. The molecule has 6 heteroatoms. The van der Waals surface area contributed by atoms with Gasteiger partial charge in [0.15, 0.2) is 0 Å². The Morgan fingerprint density at radius 2 is 2.04 bits per heavy atom. The smallest absolute Gasteiger partial charge is 0.309 e. The zero-order valence-electron chi connectivity index (χ0n) is 14.4. The monoisotopic (exact) mass is 328 g/mol. The van der Waals surface area contributed by atoms with Gasteiger partial charge in [-0.3, -0.25) is 4.79 Å². The van der Waals surface area contributed by atoms with Gasteiger partial charge in [0.25, 0.3) is 0 Å². The second-order valence-corrected chi connectivity index (χ2v) is 7.23. The van der Waals surface area contributed by atoms with E-state index in [2.05, 4.69) is 14.9 Å². The lowest BCUT2D eigenvalue weighted by molar-refractivity contribution is -0.161. The van der Waals surface area contributed by atoms with Crippen LogP contribution in [0, 0.1) is 5.92 Å². The SMILES string of the molecule is CC(C)(C)OC(=O)C1CCN(c2ncnc3ccccc23)C(N)C1. The van der Waals surface area contributed by atoms with Crippen LogP contribution in [0.5, 0.6) is 0 Å². The molecule has 1 aromatic carbocycles. The minimum Gasteiger partial charge on any atom is -0.460 e. The second kappa shape index (κ2) is 6.36. The summed E-state index contributed by atoms with van der Waals surface area (Å²) in [6.45, 7) is 6.32. The number of ether oxygens (including phenoxy) is 1. The zero-order chi connectivity index (χ0) is 17.3. The van der Waals surface area contributed by atoms with E-state index in [1.54, 1.807) is 6.33 Å². The number of nitrogens with zero attached hydrogens (tertiary/aromatic N) is 3. The van der Waals surface area contributed by atoms with Crippen molar-refractivity contribution in [1.82, 2.24) is 9.97 Å². The van der Waals surface area contributed by atoms with Crippen LogP contribution in [0.15, 0.2) is 30.6 Å². The minimum atomic E-state index is -0.471. The topological polar surface area (TPSA) is 81.3 Å². The van der Waals surface area contributed by atoms with E-state index in [0.717, 1.165) is 16.7 Å². The van der Waals surface area contributed by atoms with Crippen LogP contribution in [0.4, 0.5) is 5.82 Å². The van der Waals surface area contributed by atoms with Crippen LogP contribution in [0.2, 0.25) is 0 Å². The Morgan fingerprint density at radius 3 is 2.75 bits per heavy atom. The molecular weight excluding hydrogens is 304 g/mol. The van der Waals surface area contributed by atoms with Gasteiger partial charge in [0.05, 0.1) is 17.6 Å². The van der Waals surface area contributed by atoms with E-state index in [4.69, 9.17) is 10.5 Å². The summed E-state index contributed by atoms with van der Waals surface area (Å²) in [7, 11) is 0. The number of esters is 1. The molecule has 1 aliphatic heterocycles. The molecule has 2 heterocycles. The highest BCUT2D eigenvalue weighted by Crippen LogP contribution is 2.30. The van der Waals surface area contributed by atoms with Gasteiger partial charge in [-0.25, -0.2) is 9.97 Å². The molecule has 0 spiro atoms. The molecule has 0 aliphatic carbocycles. The van der Waals surface area contributed by atoms with Crippen LogP contribution in [0.3, 0.4) is 0 Å². The summed E-state index contributed by atoms with van der Waals surface area (Å²) < 4.78 is 5.50. The Kier molecular flexibility index (Phi) is 4.41. The van der Waals surface area contributed by atoms with Crippen LogP contribution in [-0.4, -0.2) is 34.2 Å². The number of fused-ring (bicyclic) bond motifs is 1. The second-order valence-electron chi connectivity index (χ2n) is 7.23. The summed E-state index contributed by atoms with van der Waals surface area (Å²) in [5, 5.41) is 0.978. The fourth-order valence-electron chi connectivity index (χ4n) is 3.08. The molecular formula is C18H24N4O2. The third kappa shape index (κ3) is 3.48. The van der Waals surface area contributed by atoms with Gasteiger partial charge in [-0.1, -0.05) is 12.1 Å². The van der Waals surface area contributed by atoms with Crippen molar-refractivity contribution in [1.29, 1.82) is 0 Å². The van der Waals surface area contributed by atoms with Crippen molar-refractivity contribution in [2.24, 2.45) is 11.7 Å². The molecule has 0 bridgehead atoms. The molecule has 0 amide bonds. The van der Waals surface area contributed by atoms with E-state index in [0.29, 0.717) is 19.4 Å². The Bertz CT molecular complexity index is 736. The molecule has 1 aliphatic rings. The third-order valence-corrected chi connectivity index (χ3v) is 4.18. The molecule has 3 rings (SSSR count). The summed E-state index contributed by atoms with van der Waals surface area (Å²) in [5.41, 5.74) is 6.77. The van der Waals surface area contributed by atoms with Crippen molar-refractivity contribution < 1.29 is 9.53 Å². The number of carbonyl (C=O) groups is 1. The van der Waals surface area contributed by atoms with Gasteiger partial charge in [-0.05, 0) is 45.7 Å². The number of piperidine rings is 1. The zero-order valence-corrected chi connectivity index (χ0v) is 14.4. The molecule has 1 fully saturated rings. The minimum absolute atomic E-state index is 0.162. The van der Waals surface area contributed by atoms with E-state index in [1.807, 2.05) is 45.0 Å². The normalized spacial score (nSPS) is 21.8. The molecule has 0 saturated carbocycles. The van der Waals surface area contributed by atoms with E-state index >= 15 is 0 Å². The first-order valence-corrected chi connectivity index (χ1v) is 8.30. The standard InChI is InChI=1S/C18H24N4O2/c1-18(2,3)24-17(23)12-8-9-22(15(19)10-12)16-13-6-4-5-7-14(13)20-11-21-16/h4-7,11-12,15H,8-10,19H2,1-3H3. The van der Waals surface area contributed by atoms with E-state index in [9.17, 15) is 4.79 Å². The highest BCUT2D eigenvalue weighted by Gasteiger charge is 2.34. The highest BCUT2D eigenvalue weighted by atomic mass is 16.6. The molecule has 6 nitrogen and oxygen atoms in total. The van der Waals surface area contributed by atoms with Crippen LogP contribution in [0.25, 0.3) is 10.9 Å². The van der Waals surface area contributed by atoms with Crippen molar-refractivity contribution in [3.8, 4) is 0 Å². The number of rotatable bonds is 2. The van der Waals surface area contributed by atoms with Crippen LogP contribution in [0.1, 0.15) is 33.6 Å². The first-order valence-electron chi connectivity index (χ1n) is 8.30. The number of hydrogen-bond acceptors (Lipinski definition) is 6. The largest absolute Gasteiger partial charge is 0.460 e. The van der Waals surface area contributed by atoms with Crippen LogP contribution >= 0.6 is 0 Å². The summed E-state index contributed by atoms with van der Waals surface area (Å²) in [6.07, 6.45) is 2.56. The summed E-state index contributed by atoms with van der Waals surface area (Å²) in [5.74, 6) is 0.504. The molecule has 2 unspecified atom stereocenters. The first-order chi connectivity index (χ1) is 11.3. The Labute approximate surface area is 142 Å². The van der Waals surface area contributed by atoms with Gasteiger partial charge in [-0.15, -0.1) is 0 Å². The quantitative estimate of drug-likeness (QED) is 0.853. The lowest BCUT2D eigenvalue weighted by Gasteiger charge is -2.38. The van der Waals surface area contributed by atoms with Crippen molar-refractivity contribution >= 4 is 22.7 Å². The Balaban J connectivity index is 1.77. The number of anilines is 1. The fraction of sp³-hybridized carbons (Fsp3) is 0.500. The number of nitrogens with two attached hydrogens (primary N) is 1. The number of carbonyl (C=O) groups excluding carboxylic acids is 1. The molecule has 0 radical (unpaired) electrons. The lowest BCUT2D eigenvalue weighted by Crippen LogP contribution is -2.50. The van der Waals surface area contributed by atoms with Gasteiger partial charge >= 0.3 is 5.97 Å².